The van der Waals surface area contributed by atoms with Crippen molar-refractivity contribution >= 4 is 0 Å². The average molecular weight is 414 g/mol. The number of unbranched alkanes of at least 4 members (excludes halogenated alkanes) is 10. The van der Waals surface area contributed by atoms with Crippen molar-refractivity contribution in [1.29, 1.82) is 0 Å². The van der Waals surface area contributed by atoms with E-state index in [4.69, 9.17) is 9.47 Å². The molecule has 0 saturated heterocycles. The van der Waals surface area contributed by atoms with Gasteiger partial charge in [-0.15, -0.1) is 10.2 Å². The number of hydrogen-bond acceptors (Lipinski definition) is 5. The van der Waals surface area contributed by atoms with Gasteiger partial charge in [-0.05, 0) is 25.0 Å². The van der Waals surface area contributed by atoms with Crippen LogP contribution in [0.3, 0.4) is 0 Å². The van der Waals surface area contributed by atoms with Crippen LogP contribution in [-0.2, 0) is 0 Å². The van der Waals surface area contributed by atoms with Crippen LogP contribution in [0.1, 0.15) is 90.9 Å². The summed E-state index contributed by atoms with van der Waals surface area (Å²) in [6, 6.07) is 7.68. The first-order chi connectivity index (χ1) is 14.8. The van der Waals surface area contributed by atoms with Gasteiger partial charge in [0.25, 0.3) is 0 Å². The van der Waals surface area contributed by atoms with E-state index in [0.29, 0.717) is 18.4 Å². The number of aromatic nitrogens is 3. The molecule has 5 heteroatoms. The maximum atomic E-state index is 5.74. The Morgan fingerprint density at radius 2 is 1.17 bits per heavy atom. The normalized spacial score (nSPS) is 10.9. The summed E-state index contributed by atoms with van der Waals surface area (Å²) in [6.07, 6.45) is 16.8. The van der Waals surface area contributed by atoms with Gasteiger partial charge in [-0.2, -0.15) is 0 Å². The number of rotatable bonds is 17. The molecule has 0 aromatic carbocycles. The Balaban J connectivity index is 1.65. The summed E-state index contributed by atoms with van der Waals surface area (Å²) in [5, 5.41) is 8.46. The molecule has 5 nitrogen and oxygen atoms in total. The highest BCUT2D eigenvalue weighted by Crippen LogP contribution is 2.19. The zero-order valence-electron chi connectivity index (χ0n) is 18.9. The van der Waals surface area contributed by atoms with Crippen LogP contribution in [-0.4, -0.2) is 28.4 Å². The third-order valence-corrected chi connectivity index (χ3v) is 5.17. The van der Waals surface area contributed by atoms with Crippen LogP contribution in [0.15, 0.2) is 30.5 Å². The molecule has 2 aromatic rings. The molecule has 2 heterocycles. The van der Waals surface area contributed by atoms with E-state index in [1.807, 2.05) is 24.3 Å². The summed E-state index contributed by atoms with van der Waals surface area (Å²) in [5.41, 5.74) is 1.72. The van der Waals surface area contributed by atoms with Crippen LogP contribution in [0.4, 0.5) is 0 Å². The molecule has 0 bridgehead atoms. The van der Waals surface area contributed by atoms with Crippen molar-refractivity contribution in [3.05, 3.63) is 30.5 Å². The number of pyridine rings is 1. The molecule has 166 valence electrons. The third-order valence-electron chi connectivity index (χ3n) is 5.17. The summed E-state index contributed by atoms with van der Waals surface area (Å²) in [7, 11) is 0. The summed E-state index contributed by atoms with van der Waals surface area (Å²) in [4.78, 5) is 4.39. The molecule has 2 aromatic heterocycles. The fraction of sp³-hybridized carbons (Fsp3) is 0.640. The summed E-state index contributed by atoms with van der Waals surface area (Å²) < 4.78 is 11.4. The lowest BCUT2D eigenvalue weighted by molar-refractivity contribution is 0.290. The highest BCUT2D eigenvalue weighted by atomic mass is 16.5. The van der Waals surface area contributed by atoms with Gasteiger partial charge >= 0.3 is 0 Å². The Labute approximate surface area is 182 Å². The van der Waals surface area contributed by atoms with E-state index in [1.165, 1.54) is 64.2 Å². The maximum Gasteiger partial charge on any atom is 0.233 e. The summed E-state index contributed by atoms with van der Waals surface area (Å²) >= 11 is 0. The molecule has 0 radical (unpaired) electrons. The zero-order valence-corrected chi connectivity index (χ0v) is 18.9. The maximum absolute atomic E-state index is 5.74. The minimum absolute atomic E-state index is 0.583. The van der Waals surface area contributed by atoms with Gasteiger partial charge in [0.05, 0.1) is 18.9 Å². The minimum atomic E-state index is 0.583. The Kier molecular flexibility index (Phi) is 12.6. The Morgan fingerprint density at radius 1 is 0.600 bits per heavy atom. The van der Waals surface area contributed by atoms with Crippen LogP contribution in [0.5, 0.6) is 11.8 Å². The van der Waals surface area contributed by atoms with Crippen molar-refractivity contribution in [3.63, 3.8) is 0 Å². The molecule has 0 aliphatic carbocycles. The second-order valence-electron chi connectivity index (χ2n) is 7.87. The van der Waals surface area contributed by atoms with E-state index >= 15 is 0 Å². The van der Waals surface area contributed by atoms with Gasteiger partial charge in [0.15, 0.2) is 0 Å². The van der Waals surface area contributed by atoms with Gasteiger partial charge in [0, 0.05) is 23.9 Å². The largest absolute Gasteiger partial charge is 0.478 e. The van der Waals surface area contributed by atoms with Crippen molar-refractivity contribution in [2.75, 3.05) is 13.2 Å². The third kappa shape index (κ3) is 10.0. The molecule has 30 heavy (non-hydrogen) atoms. The monoisotopic (exact) mass is 413 g/mol. The van der Waals surface area contributed by atoms with E-state index in [-0.39, 0.29) is 0 Å². The number of ether oxygens (including phenoxy) is 2. The van der Waals surface area contributed by atoms with Gasteiger partial charge in [-0.25, -0.2) is 4.98 Å². The fourth-order valence-electron chi connectivity index (χ4n) is 3.29. The highest BCUT2D eigenvalue weighted by Gasteiger charge is 2.04. The molecule has 0 unspecified atom stereocenters. The van der Waals surface area contributed by atoms with Crippen LogP contribution in [0, 0.1) is 0 Å². The van der Waals surface area contributed by atoms with Crippen LogP contribution >= 0.6 is 0 Å². The molecule has 0 fully saturated rings. The molecule has 0 spiro atoms. The first kappa shape index (κ1) is 24.1. The van der Waals surface area contributed by atoms with Crippen molar-refractivity contribution in [1.82, 2.24) is 15.2 Å². The smallest absolute Gasteiger partial charge is 0.233 e. The lowest BCUT2D eigenvalue weighted by atomic mass is 10.1. The van der Waals surface area contributed by atoms with Crippen molar-refractivity contribution in [3.8, 4) is 23.0 Å². The quantitative estimate of drug-likeness (QED) is 0.261. The SMILES string of the molecule is CCCCCCCCOc1ccc(-c2ccc(OCCCCCCCC)nn2)cn1. The van der Waals surface area contributed by atoms with Crippen LogP contribution in [0.2, 0.25) is 0 Å². The molecule has 0 N–H and O–H groups in total. The average Bonchev–Trinajstić information content (AvgIpc) is 2.79. The molecule has 2 rings (SSSR count). The zero-order chi connectivity index (χ0) is 21.3. The Hall–Kier alpha value is -2.17. The summed E-state index contributed by atoms with van der Waals surface area (Å²) in [5.74, 6) is 1.25. The van der Waals surface area contributed by atoms with E-state index in [0.717, 1.165) is 30.7 Å². The van der Waals surface area contributed by atoms with Crippen molar-refractivity contribution in [2.45, 2.75) is 90.9 Å². The van der Waals surface area contributed by atoms with Gasteiger partial charge in [0.1, 0.15) is 0 Å². The van der Waals surface area contributed by atoms with E-state index in [1.54, 1.807) is 6.20 Å². The first-order valence-electron chi connectivity index (χ1n) is 11.9. The van der Waals surface area contributed by atoms with Gasteiger partial charge in [-0.1, -0.05) is 78.1 Å². The molecule has 0 saturated carbocycles. The molecule has 0 aliphatic heterocycles. The number of nitrogens with zero attached hydrogens (tertiary/aromatic N) is 3. The predicted molar refractivity (Wildman–Crippen MR) is 123 cm³/mol. The lowest BCUT2D eigenvalue weighted by Gasteiger charge is -2.07. The van der Waals surface area contributed by atoms with E-state index < -0.39 is 0 Å². The van der Waals surface area contributed by atoms with E-state index in [9.17, 15) is 0 Å². The molecule has 0 aliphatic rings. The Morgan fingerprint density at radius 3 is 1.70 bits per heavy atom. The minimum Gasteiger partial charge on any atom is -0.478 e. The van der Waals surface area contributed by atoms with E-state index in [2.05, 4.69) is 29.0 Å². The van der Waals surface area contributed by atoms with Gasteiger partial charge in [-0.3, -0.25) is 0 Å². The second kappa shape index (κ2) is 15.6. The number of hydrogen-bond donors (Lipinski definition) is 0. The second-order valence-corrected chi connectivity index (χ2v) is 7.87. The molecule has 0 atom stereocenters. The van der Waals surface area contributed by atoms with Gasteiger partial charge < -0.3 is 9.47 Å². The van der Waals surface area contributed by atoms with Crippen molar-refractivity contribution in [2.24, 2.45) is 0 Å². The molecular weight excluding hydrogens is 374 g/mol. The molecule has 0 amide bonds. The lowest BCUT2D eigenvalue weighted by Crippen LogP contribution is -2.01. The Bertz CT molecular complexity index is 600. The van der Waals surface area contributed by atoms with Crippen molar-refractivity contribution < 1.29 is 9.47 Å². The fourth-order valence-corrected chi connectivity index (χ4v) is 3.29. The topological polar surface area (TPSA) is 57.1 Å². The first-order valence-corrected chi connectivity index (χ1v) is 11.9. The van der Waals surface area contributed by atoms with Gasteiger partial charge in [0.2, 0.25) is 11.8 Å². The summed E-state index contributed by atoms with van der Waals surface area (Å²) in [6.45, 7) is 5.90. The van der Waals surface area contributed by atoms with Crippen LogP contribution in [0.25, 0.3) is 11.3 Å². The standard InChI is InChI=1S/C25H39N3O2/c1-3-5-7-9-11-13-19-29-24-17-15-22(21-26-24)23-16-18-25(28-27-23)30-20-14-12-10-8-6-4-2/h15-18,21H,3-14,19-20H2,1-2H3. The van der Waals surface area contributed by atoms with Crippen LogP contribution < -0.4 is 9.47 Å². The predicted octanol–water partition coefficient (Wildman–Crippen LogP) is 7.02. The molecular formula is C25H39N3O2. The highest BCUT2D eigenvalue weighted by molar-refractivity contribution is 5.57.